The van der Waals surface area contributed by atoms with Gasteiger partial charge in [0.05, 0.1) is 7.11 Å². The fourth-order valence-electron chi connectivity index (χ4n) is 2.45. The minimum Gasteiger partial charge on any atom is -0.494 e. The number of benzene rings is 2. The number of aliphatic imine (C=N–C) groups is 1. The number of hydrogen-bond acceptors (Lipinski definition) is 4. The average molecular weight is 400 g/mol. The minimum atomic E-state index is -0.290. The predicted molar refractivity (Wildman–Crippen MR) is 117 cm³/mol. The van der Waals surface area contributed by atoms with Gasteiger partial charge < -0.3 is 21.5 Å². The molecule has 0 saturated carbocycles. The first-order valence-corrected chi connectivity index (χ1v) is 9.01. The van der Waals surface area contributed by atoms with Crippen LogP contribution in [0.4, 0.5) is 11.4 Å². The first-order valence-electron chi connectivity index (χ1n) is 8.60. The summed E-state index contributed by atoms with van der Waals surface area (Å²) in [6, 6.07) is 12.5. The van der Waals surface area contributed by atoms with E-state index in [0.29, 0.717) is 22.7 Å². The van der Waals surface area contributed by atoms with Gasteiger partial charge >= 0.3 is 0 Å². The Morgan fingerprint density at radius 1 is 1.11 bits per heavy atom. The largest absolute Gasteiger partial charge is 0.494 e. The number of nitrogens with zero attached hydrogens (tertiary/aromatic N) is 1. The maximum absolute atomic E-state index is 12.4. The molecule has 0 aliphatic heterocycles. The number of thiocarbonyl (C=S) groups is 1. The van der Waals surface area contributed by atoms with E-state index in [1.54, 1.807) is 30.3 Å². The molecule has 0 unspecified atom stereocenters. The highest BCUT2D eigenvalue weighted by Gasteiger charge is 2.15. The predicted octanol–water partition coefficient (Wildman–Crippen LogP) is 3.02. The van der Waals surface area contributed by atoms with Gasteiger partial charge in [0.1, 0.15) is 11.4 Å². The molecular formula is C20H25N5O2S. The third kappa shape index (κ3) is 5.68. The van der Waals surface area contributed by atoms with Gasteiger partial charge in [0.2, 0.25) is 0 Å². The van der Waals surface area contributed by atoms with Crippen LogP contribution in [-0.2, 0) is 5.41 Å². The molecule has 148 valence electrons. The lowest BCUT2D eigenvalue weighted by atomic mass is 9.87. The summed E-state index contributed by atoms with van der Waals surface area (Å²) < 4.78 is 5.27. The second-order valence-electron chi connectivity index (χ2n) is 7.16. The lowest BCUT2D eigenvalue weighted by molar-refractivity contribution is 0.0977. The molecular weight excluding hydrogens is 374 g/mol. The smallest absolute Gasteiger partial charge is 0.257 e. The Kier molecular flexibility index (Phi) is 6.58. The van der Waals surface area contributed by atoms with Gasteiger partial charge in [-0.25, -0.2) is 4.99 Å². The number of carbonyl (C=O) groups excluding carboxylic acids is 1. The summed E-state index contributed by atoms with van der Waals surface area (Å²) in [7, 11) is 1.51. The Hall–Kier alpha value is -3.13. The summed E-state index contributed by atoms with van der Waals surface area (Å²) in [6.07, 6.45) is 0. The molecule has 0 aliphatic rings. The van der Waals surface area contributed by atoms with Gasteiger partial charge in [-0.3, -0.25) is 10.1 Å². The zero-order valence-electron chi connectivity index (χ0n) is 16.4. The first-order chi connectivity index (χ1) is 13.1. The van der Waals surface area contributed by atoms with Gasteiger partial charge in [-0.15, -0.1) is 0 Å². The monoisotopic (exact) mass is 399 g/mol. The van der Waals surface area contributed by atoms with E-state index in [-0.39, 0.29) is 22.4 Å². The Bertz CT molecular complexity index is 898. The van der Waals surface area contributed by atoms with E-state index >= 15 is 0 Å². The topological polar surface area (TPSA) is 115 Å². The normalized spacial score (nSPS) is 10.7. The Morgan fingerprint density at radius 2 is 1.75 bits per heavy atom. The second kappa shape index (κ2) is 8.71. The van der Waals surface area contributed by atoms with E-state index in [1.165, 1.54) is 7.11 Å². The van der Waals surface area contributed by atoms with Gasteiger partial charge in [0.15, 0.2) is 11.1 Å². The zero-order chi connectivity index (χ0) is 20.9. The van der Waals surface area contributed by atoms with E-state index in [9.17, 15) is 4.79 Å². The van der Waals surface area contributed by atoms with Gasteiger partial charge in [-0.2, -0.15) is 0 Å². The van der Waals surface area contributed by atoms with Gasteiger partial charge in [0, 0.05) is 17.3 Å². The molecule has 28 heavy (non-hydrogen) atoms. The average Bonchev–Trinajstić information content (AvgIpc) is 2.61. The number of amides is 1. The van der Waals surface area contributed by atoms with Crippen LogP contribution in [0, 0.1) is 0 Å². The molecule has 0 heterocycles. The molecule has 0 atom stereocenters. The number of anilines is 1. The van der Waals surface area contributed by atoms with E-state index in [0.717, 1.165) is 5.56 Å². The van der Waals surface area contributed by atoms with Crippen LogP contribution >= 0.6 is 12.2 Å². The summed E-state index contributed by atoms with van der Waals surface area (Å²) in [5.41, 5.74) is 13.6. The molecule has 0 saturated heterocycles. The van der Waals surface area contributed by atoms with Crippen LogP contribution in [0.25, 0.3) is 0 Å². The lowest BCUT2D eigenvalue weighted by Crippen LogP contribution is -2.34. The van der Waals surface area contributed by atoms with Crippen molar-refractivity contribution in [1.82, 2.24) is 5.32 Å². The summed E-state index contributed by atoms with van der Waals surface area (Å²) in [4.78, 5) is 16.4. The van der Waals surface area contributed by atoms with E-state index < -0.39 is 0 Å². The summed E-state index contributed by atoms with van der Waals surface area (Å²) in [5, 5.41) is 5.77. The number of rotatable bonds is 4. The number of methoxy groups -OCH3 is 1. The number of guanidine groups is 1. The molecule has 7 nitrogen and oxygen atoms in total. The van der Waals surface area contributed by atoms with Crippen LogP contribution < -0.4 is 26.8 Å². The lowest BCUT2D eigenvalue weighted by Gasteiger charge is -2.19. The Balaban J connectivity index is 2.05. The highest BCUT2D eigenvalue weighted by molar-refractivity contribution is 7.80. The van der Waals surface area contributed by atoms with E-state index in [1.807, 2.05) is 12.1 Å². The molecule has 2 aromatic carbocycles. The van der Waals surface area contributed by atoms with Crippen LogP contribution in [0.15, 0.2) is 47.5 Å². The fourth-order valence-corrected chi connectivity index (χ4v) is 2.66. The number of carbonyl (C=O) groups is 1. The molecule has 0 radical (unpaired) electrons. The summed E-state index contributed by atoms with van der Waals surface area (Å²) in [5.74, 6) is 0.103. The number of ether oxygens (including phenoxy) is 1. The minimum absolute atomic E-state index is 0.0235. The van der Waals surface area contributed by atoms with Crippen LogP contribution in [0.1, 0.15) is 36.7 Å². The molecule has 1 amide bonds. The quantitative estimate of drug-likeness (QED) is 0.357. The molecule has 0 aliphatic carbocycles. The van der Waals surface area contributed by atoms with Gasteiger partial charge in [0.25, 0.3) is 5.91 Å². The molecule has 0 fully saturated rings. The van der Waals surface area contributed by atoms with Gasteiger partial charge in [-0.05, 0) is 47.5 Å². The molecule has 2 aromatic rings. The highest BCUT2D eigenvalue weighted by Crippen LogP contribution is 2.30. The molecule has 6 N–H and O–H groups in total. The van der Waals surface area contributed by atoms with Crippen molar-refractivity contribution in [2.24, 2.45) is 16.5 Å². The third-order valence-corrected chi connectivity index (χ3v) is 4.13. The van der Waals surface area contributed by atoms with Crippen molar-refractivity contribution in [3.63, 3.8) is 0 Å². The van der Waals surface area contributed by atoms with E-state index in [4.69, 9.17) is 28.4 Å². The maximum atomic E-state index is 12.4. The molecule has 8 heteroatoms. The fraction of sp³-hybridized carbons (Fsp3) is 0.250. The molecule has 2 rings (SSSR count). The molecule has 0 bridgehead atoms. The van der Waals surface area contributed by atoms with Gasteiger partial charge in [-0.1, -0.05) is 32.9 Å². The number of nitrogens with one attached hydrogen (secondary N) is 2. The van der Waals surface area contributed by atoms with Crippen molar-refractivity contribution < 1.29 is 9.53 Å². The van der Waals surface area contributed by atoms with Crippen molar-refractivity contribution in [1.29, 1.82) is 0 Å². The molecule has 0 spiro atoms. The van der Waals surface area contributed by atoms with Crippen molar-refractivity contribution in [3.05, 3.63) is 53.6 Å². The van der Waals surface area contributed by atoms with Crippen molar-refractivity contribution in [3.8, 4) is 5.75 Å². The van der Waals surface area contributed by atoms with Crippen LogP contribution in [0.3, 0.4) is 0 Å². The standard InChI is InChI=1S/C20H25N5O2S/c1-20(2,3)13-7-5-12(6-8-13)17(26)25-19(28)23-14-9-10-15(24-18(21)22)16(11-14)27-4/h5-11H,1-4H3,(H4,21,22,24)(H2,23,25,26,28). The van der Waals surface area contributed by atoms with Crippen LogP contribution in [0.5, 0.6) is 5.75 Å². The van der Waals surface area contributed by atoms with Crippen molar-refractivity contribution >= 4 is 40.6 Å². The van der Waals surface area contributed by atoms with Crippen molar-refractivity contribution in [2.45, 2.75) is 26.2 Å². The van der Waals surface area contributed by atoms with E-state index in [2.05, 4.69) is 36.4 Å². The van der Waals surface area contributed by atoms with Crippen LogP contribution in [0.2, 0.25) is 0 Å². The summed E-state index contributed by atoms with van der Waals surface area (Å²) >= 11 is 5.23. The second-order valence-corrected chi connectivity index (χ2v) is 7.57. The maximum Gasteiger partial charge on any atom is 0.257 e. The number of nitrogens with two attached hydrogens (primary N) is 2. The third-order valence-electron chi connectivity index (χ3n) is 3.93. The zero-order valence-corrected chi connectivity index (χ0v) is 17.2. The Labute approximate surface area is 170 Å². The highest BCUT2D eigenvalue weighted by atomic mass is 32.1. The van der Waals surface area contributed by atoms with Crippen LogP contribution in [-0.4, -0.2) is 24.1 Å². The SMILES string of the molecule is COc1cc(NC(=S)NC(=O)c2ccc(C(C)(C)C)cc2)ccc1N=C(N)N. The first kappa shape index (κ1) is 21.2. The Morgan fingerprint density at radius 3 is 2.29 bits per heavy atom. The number of hydrogen-bond donors (Lipinski definition) is 4. The molecule has 0 aromatic heterocycles. The summed E-state index contributed by atoms with van der Waals surface area (Å²) in [6.45, 7) is 6.36. The van der Waals surface area contributed by atoms with Crippen molar-refractivity contribution in [2.75, 3.05) is 12.4 Å².